The second kappa shape index (κ2) is 4.42. The SMILES string of the molecule is CC(=O)N[C@@H](C)c1cc(F)cc(Cl)c1. The molecule has 0 heterocycles. The molecule has 0 saturated carbocycles. The molecule has 0 radical (unpaired) electrons. The van der Waals surface area contributed by atoms with Gasteiger partial charge in [-0.3, -0.25) is 4.79 Å². The molecule has 14 heavy (non-hydrogen) atoms. The average Bonchev–Trinajstić information content (AvgIpc) is 2.00. The van der Waals surface area contributed by atoms with Gasteiger partial charge in [-0.15, -0.1) is 0 Å². The van der Waals surface area contributed by atoms with E-state index in [0.717, 1.165) is 0 Å². The first-order valence-corrected chi connectivity index (χ1v) is 4.60. The molecule has 0 aliphatic carbocycles. The second-order valence-electron chi connectivity index (χ2n) is 3.12. The predicted octanol–water partition coefficient (Wildman–Crippen LogP) is 2.68. The van der Waals surface area contributed by atoms with Crippen LogP contribution < -0.4 is 5.32 Å². The molecule has 76 valence electrons. The van der Waals surface area contributed by atoms with Crippen LogP contribution in [0.1, 0.15) is 25.5 Å². The highest BCUT2D eigenvalue weighted by molar-refractivity contribution is 6.30. The van der Waals surface area contributed by atoms with Crippen molar-refractivity contribution in [2.75, 3.05) is 0 Å². The van der Waals surface area contributed by atoms with E-state index >= 15 is 0 Å². The molecule has 2 nitrogen and oxygen atoms in total. The van der Waals surface area contributed by atoms with Crippen molar-refractivity contribution >= 4 is 17.5 Å². The molecule has 0 fully saturated rings. The fourth-order valence-electron chi connectivity index (χ4n) is 1.21. The minimum absolute atomic E-state index is 0.155. The summed E-state index contributed by atoms with van der Waals surface area (Å²) in [6.45, 7) is 3.18. The third-order valence-corrected chi connectivity index (χ3v) is 2.02. The van der Waals surface area contributed by atoms with Gasteiger partial charge in [-0.2, -0.15) is 0 Å². The molecule has 1 atom stereocenters. The van der Waals surface area contributed by atoms with Gasteiger partial charge in [0.25, 0.3) is 0 Å². The van der Waals surface area contributed by atoms with Crippen LogP contribution in [0.3, 0.4) is 0 Å². The van der Waals surface area contributed by atoms with E-state index in [1.165, 1.54) is 19.1 Å². The van der Waals surface area contributed by atoms with Crippen LogP contribution in [0.15, 0.2) is 18.2 Å². The zero-order valence-corrected chi connectivity index (χ0v) is 8.73. The molecule has 0 aliphatic heterocycles. The summed E-state index contributed by atoms with van der Waals surface area (Å²) in [4.78, 5) is 10.8. The Morgan fingerprint density at radius 2 is 2.14 bits per heavy atom. The molecule has 0 saturated heterocycles. The first kappa shape index (κ1) is 11.0. The highest BCUT2D eigenvalue weighted by Crippen LogP contribution is 2.19. The monoisotopic (exact) mass is 215 g/mol. The normalized spacial score (nSPS) is 12.3. The van der Waals surface area contributed by atoms with Crippen LogP contribution in [0.4, 0.5) is 4.39 Å². The summed E-state index contributed by atoms with van der Waals surface area (Å²) in [6, 6.07) is 3.98. The molecule has 1 aromatic rings. The first-order chi connectivity index (χ1) is 6.49. The van der Waals surface area contributed by atoms with Gasteiger partial charge < -0.3 is 5.32 Å². The van der Waals surface area contributed by atoms with E-state index in [-0.39, 0.29) is 11.9 Å². The van der Waals surface area contributed by atoms with E-state index in [1.54, 1.807) is 13.0 Å². The molecule has 4 heteroatoms. The Morgan fingerprint density at radius 3 is 2.64 bits per heavy atom. The predicted molar refractivity (Wildman–Crippen MR) is 53.6 cm³/mol. The van der Waals surface area contributed by atoms with Crippen molar-refractivity contribution in [3.05, 3.63) is 34.6 Å². The smallest absolute Gasteiger partial charge is 0.217 e. The van der Waals surface area contributed by atoms with Gasteiger partial charge in [0.2, 0.25) is 5.91 Å². The van der Waals surface area contributed by atoms with Gasteiger partial charge in [-0.1, -0.05) is 11.6 Å². The van der Waals surface area contributed by atoms with E-state index in [2.05, 4.69) is 5.32 Å². The van der Waals surface area contributed by atoms with Crippen molar-refractivity contribution in [2.45, 2.75) is 19.9 Å². The maximum atomic E-state index is 12.9. The minimum Gasteiger partial charge on any atom is -0.350 e. The van der Waals surface area contributed by atoms with Crippen molar-refractivity contribution < 1.29 is 9.18 Å². The molecule has 1 amide bonds. The number of rotatable bonds is 2. The zero-order chi connectivity index (χ0) is 10.7. The molecule has 0 aliphatic rings. The third kappa shape index (κ3) is 3.00. The lowest BCUT2D eigenvalue weighted by atomic mass is 10.1. The highest BCUT2D eigenvalue weighted by atomic mass is 35.5. The molecule has 0 aromatic heterocycles. The standard InChI is InChI=1S/C10H11ClFNO/c1-6(13-7(2)14)8-3-9(11)5-10(12)4-8/h3-6H,1-2H3,(H,13,14)/t6-/m0/s1. The number of nitrogens with one attached hydrogen (secondary N) is 1. The quantitative estimate of drug-likeness (QED) is 0.808. The fourth-order valence-corrected chi connectivity index (χ4v) is 1.44. The Kier molecular flexibility index (Phi) is 3.47. The number of benzene rings is 1. The van der Waals surface area contributed by atoms with Crippen molar-refractivity contribution in [2.24, 2.45) is 0 Å². The molecule has 1 N–H and O–H groups in total. The van der Waals surface area contributed by atoms with Gasteiger partial charge in [-0.05, 0) is 30.7 Å². The van der Waals surface area contributed by atoms with Crippen LogP contribution >= 0.6 is 11.6 Å². The lowest BCUT2D eigenvalue weighted by Crippen LogP contribution is -2.23. The molecule has 0 bridgehead atoms. The summed E-state index contributed by atoms with van der Waals surface area (Å²) < 4.78 is 12.9. The van der Waals surface area contributed by atoms with Gasteiger partial charge in [-0.25, -0.2) is 4.39 Å². The number of carbonyl (C=O) groups excluding carboxylic acids is 1. The van der Waals surface area contributed by atoms with E-state index in [0.29, 0.717) is 10.6 Å². The Labute approximate surface area is 87.1 Å². The summed E-state index contributed by atoms with van der Waals surface area (Å²) >= 11 is 5.68. The lowest BCUT2D eigenvalue weighted by Gasteiger charge is -2.13. The minimum atomic E-state index is -0.398. The lowest BCUT2D eigenvalue weighted by molar-refractivity contribution is -0.119. The molecular formula is C10H11ClFNO. The van der Waals surface area contributed by atoms with Crippen molar-refractivity contribution in [3.63, 3.8) is 0 Å². The van der Waals surface area contributed by atoms with Crippen LogP contribution in [0.2, 0.25) is 5.02 Å². The summed E-state index contributed by atoms with van der Waals surface area (Å²) in [5.74, 6) is -0.553. The summed E-state index contributed by atoms with van der Waals surface area (Å²) in [5, 5.41) is 2.98. The van der Waals surface area contributed by atoms with Gasteiger partial charge in [0.05, 0.1) is 6.04 Å². The van der Waals surface area contributed by atoms with Crippen molar-refractivity contribution in [1.82, 2.24) is 5.32 Å². The van der Waals surface area contributed by atoms with Crippen LogP contribution in [-0.2, 0) is 4.79 Å². The molecule has 0 spiro atoms. The molecule has 1 rings (SSSR count). The van der Waals surface area contributed by atoms with Crippen LogP contribution in [0.25, 0.3) is 0 Å². The van der Waals surface area contributed by atoms with E-state index in [9.17, 15) is 9.18 Å². The molecule has 1 aromatic carbocycles. The molecule has 0 unspecified atom stereocenters. The maximum absolute atomic E-state index is 12.9. The maximum Gasteiger partial charge on any atom is 0.217 e. The second-order valence-corrected chi connectivity index (χ2v) is 3.56. The molecular weight excluding hydrogens is 205 g/mol. The number of halogens is 2. The van der Waals surface area contributed by atoms with Crippen molar-refractivity contribution in [1.29, 1.82) is 0 Å². The number of hydrogen-bond acceptors (Lipinski definition) is 1. The van der Waals surface area contributed by atoms with E-state index < -0.39 is 5.82 Å². The van der Waals surface area contributed by atoms with E-state index in [4.69, 9.17) is 11.6 Å². The zero-order valence-electron chi connectivity index (χ0n) is 7.97. The summed E-state index contributed by atoms with van der Waals surface area (Å²) in [5.41, 5.74) is 0.658. The summed E-state index contributed by atoms with van der Waals surface area (Å²) in [6.07, 6.45) is 0. The number of hydrogen-bond donors (Lipinski definition) is 1. The van der Waals surface area contributed by atoms with Crippen LogP contribution in [0.5, 0.6) is 0 Å². The van der Waals surface area contributed by atoms with Gasteiger partial charge in [0.1, 0.15) is 5.82 Å². The van der Waals surface area contributed by atoms with Crippen LogP contribution in [-0.4, -0.2) is 5.91 Å². The van der Waals surface area contributed by atoms with Crippen LogP contribution in [0, 0.1) is 5.82 Å². The fraction of sp³-hybridized carbons (Fsp3) is 0.300. The van der Waals surface area contributed by atoms with E-state index in [1.807, 2.05) is 0 Å². The van der Waals surface area contributed by atoms with Crippen molar-refractivity contribution in [3.8, 4) is 0 Å². The van der Waals surface area contributed by atoms with Gasteiger partial charge in [0.15, 0.2) is 0 Å². The first-order valence-electron chi connectivity index (χ1n) is 4.22. The van der Waals surface area contributed by atoms with Gasteiger partial charge in [0, 0.05) is 11.9 Å². The summed E-state index contributed by atoms with van der Waals surface area (Å²) in [7, 11) is 0. The average molecular weight is 216 g/mol. The topological polar surface area (TPSA) is 29.1 Å². The third-order valence-electron chi connectivity index (χ3n) is 1.80. The van der Waals surface area contributed by atoms with Gasteiger partial charge >= 0.3 is 0 Å². The Morgan fingerprint density at radius 1 is 1.50 bits per heavy atom. The largest absolute Gasteiger partial charge is 0.350 e. The number of carbonyl (C=O) groups is 1. The Bertz CT molecular complexity index is 334. The number of amides is 1. The Hall–Kier alpha value is -1.09. The Balaban J connectivity index is 2.89. The highest BCUT2D eigenvalue weighted by Gasteiger charge is 2.08.